The molecule has 1 N–H and O–H groups in total. The molecule has 2 aromatic heterocycles. The summed E-state index contributed by atoms with van der Waals surface area (Å²) >= 11 is 1.39. The molecule has 0 radical (unpaired) electrons. The second-order valence-corrected chi connectivity index (χ2v) is 5.81. The summed E-state index contributed by atoms with van der Waals surface area (Å²) in [7, 11) is 0. The van der Waals surface area contributed by atoms with Crippen molar-refractivity contribution in [2.45, 2.75) is 20.3 Å². The van der Waals surface area contributed by atoms with Gasteiger partial charge in [0, 0.05) is 13.0 Å². The van der Waals surface area contributed by atoms with Gasteiger partial charge in [0.15, 0.2) is 10.8 Å². The Hall–Kier alpha value is -1.80. The van der Waals surface area contributed by atoms with Crippen LogP contribution in [0.5, 0.6) is 0 Å². The highest BCUT2D eigenvalue weighted by Crippen LogP contribution is 2.28. The summed E-state index contributed by atoms with van der Waals surface area (Å²) in [5, 5.41) is 23.4. The zero-order chi connectivity index (χ0) is 14.5. The van der Waals surface area contributed by atoms with Gasteiger partial charge in [0.05, 0.1) is 6.07 Å². The molecule has 20 heavy (non-hydrogen) atoms. The van der Waals surface area contributed by atoms with Crippen molar-refractivity contribution in [2.24, 2.45) is 5.92 Å². The molecule has 0 saturated heterocycles. The number of aromatic nitrogens is 2. The lowest BCUT2D eigenvalue weighted by molar-refractivity contribution is -0.401. The third kappa shape index (κ3) is 3.84. The van der Waals surface area contributed by atoms with Gasteiger partial charge in [-0.3, -0.25) is 10.1 Å². The van der Waals surface area contributed by atoms with Crippen molar-refractivity contribution in [2.75, 3.05) is 13.1 Å². The first-order chi connectivity index (χ1) is 9.56. The van der Waals surface area contributed by atoms with E-state index in [4.69, 9.17) is 4.42 Å². The lowest BCUT2D eigenvalue weighted by atomic mass is 10.2. The van der Waals surface area contributed by atoms with Crippen molar-refractivity contribution < 1.29 is 9.34 Å². The lowest BCUT2D eigenvalue weighted by Gasteiger charge is -2.04. The molecule has 2 aromatic rings. The van der Waals surface area contributed by atoms with Gasteiger partial charge in [-0.1, -0.05) is 25.2 Å². The SMILES string of the molecule is CC(C)CNCCc1nnc(-c2ccc([N+](=O)[O-])o2)s1. The summed E-state index contributed by atoms with van der Waals surface area (Å²) in [5.41, 5.74) is 0. The minimum Gasteiger partial charge on any atom is -0.398 e. The fourth-order valence-corrected chi connectivity index (χ4v) is 2.38. The molecule has 0 spiro atoms. The average Bonchev–Trinajstić information content (AvgIpc) is 3.03. The Labute approximate surface area is 120 Å². The predicted molar refractivity (Wildman–Crippen MR) is 75.7 cm³/mol. The highest BCUT2D eigenvalue weighted by molar-refractivity contribution is 7.14. The van der Waals surface area contributed by atoms with Crippen molar-refractivity contribution in [3.05, 3.63) is 27.3 Å². The van der Waals surface area contributed by atoms with Crippen LogP contribution in [0.4, 0.5) is 5.88 Å². The average molecular weight is 296 g/mol. The van der Waals surface area contributed by atoms with Crippen LogP contribution in [0.1, 0.15) is 18.9 Å². The largest absolute Gasteiger partial charge is 0.433 e. The van der Waals surface area contributed by atoms with Gasteiger partial charge in [0.1, 0.15) is 9.93 Å². The van der Waals surface area contributed by atoms with Crippen molar-refractivity contribution in [1.82, 2.24) is 15.5 Å². The first kappa shape index (κ1) is 14.6. The van der Waals surface area contributed by atoms with Crippen molar-refractivity contribution >= 4 is 17.2 Å². The number of nitro groups is 1. The second-order valence-electron chi connectivity index (χ2n) is 4.74. The first-order valence-corrected chi connectivity index (χ1v) is 7.15. The minimum absolute atomic E-state index is 0.282. The molecule has 0 amide bonds. The van der Waals surface area contributed by atoms with Crippen LogP contribution < -0.4 is 5.32 Å². The highest BCUT2D eigenvalue weighted by Gasteiger charge is 2.16. The third-order valence-corrected chi connectivity index (χ3v) is 3.52. The van der Waals surface area contributed by atoms with Crippen LogP contribution in [-0.2, 0) is 6.42 Å². The molecule has 108 valence electrons. The number of nitrogens with one attached hydrogen (secondary N) is 1. The monoisotopic (exact) mass is 296 g/mol. The van der Waals surface area contributed by atoms with Gasteiger partial charge in [0.2, 0.25) is 0 Å². The van der Waals surface area contributed by atoms with E-state index >= 15 is 0 Å². The minimum atomic E-state index is -0.568. The van der Waals surface area contributed by atoms with Crippen LogP contribution in [0.3, 0.4) is 0 Å². The molecule has 0 aliphatic heterocycles. The molecular weight excluding hydrogens is 280 g/mol. The van der Waals surface area contributed by atoms with Crippen LogP contribution in [0.2, 0.25) is 0 Å². The van der Waals surface area contributed by atoms with E-state index in [1.54, 1.807) is 6.07 Å². The molecule has 0 aliphatic carbocycles. The molecule has 8 heteroatoms. The van der Waals surface area contributed by atoms with Gasteiger partial charge in [-0.15, -0.1) is 10.2 Å². The van der Waals surface area contributed by atoms with Crippen molar-refractivity contribution in [3.63, 3.8) is 0 Å². The van der Waals surface area contributed by atoms with Crippen LogP contribution in [0.15, 0.2) is 16.5 Å². The van der Waals surface area contributed by atoms with Crippen molar-refractivity contribution in [3.8, 4) is 10.8 Å². The Balaban J connectivity index is 1.92. The molecule has 7 nitrogen and oxygen atoms in total. The third-order valence-electron chi connectivity index (χ3n) is 2.52. The highest BCUT2D eigenvalue weighted by atomic mass is 32.1. The summed E-state index contributed by atoms with van der Waals surface area (Å²) in [6.07, 6.45) is 0.785. The van der Waals surface area contributed by atoms with Gasteiger partial charge in [-0.05, 0) is 18.5 Å². The normalized spacial score (nSPS) is 11.2. The fourth-order valence-electron chi connectivity index (χ4n) is 1.58. The lowest BCUT2D eigenvalue weighted by Crippen LogP contribution is -2.22. The van der Waals surface area contributed by atoms with Gasteiger partial charge in [-0.2, -0.15) is 0 Å². The molecule has 0 aliphatic rings. The molecular formula is C12H16N4O3S. The van der Waals surface area contributed by atoms with E-state index in [1.807, 2.05) is 0 Å². The van der Waals surface area contributed by atoms with E-state index in [1.165, 1.54) is 17.4 Å². The number of furan rings is 1. The molecule has 2 rings (SSSR count). The molecule has 2 heterocycles. The summed E-state index contributed by atoms with van der Waals surface area (Å²) < 4.78 is 5.09. The summed E-state index contributed by atoms with van der Waals surface area (Å²) in [4.78, 5) is 9.98. The molecule has 0 aromatic carbocycles. The van der Waals surface area contributed by atoms with Gasteiger partial charge < -0.3 is 9.73 Å². The Morgan fingerprint density at radius 3 is 2.90 bits per heavy atom. The smallest absolute Gasteiger partial charge is 0.398 e. The number of hydrogen-bond donors (Lipinski definition) is 1. The maximum absolute atomic E-state index is 10.6. The number of nitrogens with zero attached hydrogens (tertiary/aromatic N) is 3. The second kappa shape index (κ2) is 6.58. The van der Waals surface area contributed by atoms with Crippen LogP contribution >= 0.6 is 11.3 Å². The molecule has 0 bridgehead atoms. The fraction of sp³-hybridized carbons (Fsp3) is 0.500. The van der Waals surface area contributed by atoms with E-state index in [9.17, 15) is 10.1 Å². The van der Waals surface area contributed by atoms with E-state index in [0.29, 0.717) is 16.7 Å². The van der Waals surface area contributed by atoms with E-state index in [2.05, 4.69) is 29.4 Å². The Morgan fingerprint density at radius 1 is 1.45 bits per heavy atom. The van der Waals surface area contributed by atoms with Crippen molar-refractivity contribution in [1.29, 1.82) is 0 Å². The van der Waals surface area contributed by atoms with E-state index in [0.717, 1.165) is 24.5 Å². The van der Waals surface area contributed by atoms with Gasteiger partial charge in [-0.25, -0.2) is 0 Å². The molecule has 0 fully saturated rings. The first-order valence-electron chi connectivity index (χ1n) is 6.34. The predicted octanol–water partition coefficient (Wildman–Crippen LogP) is 2.49. The van der Waals surface area contributed by atoms with E-state index < -0.39 is 4.92 Å². The Bertz CT molecular complexity index is 579. The van der Waals surface area contributed by atoms with Crippen LogP contribution in [0.25, 0.3) is 10.8 Å². The zero-order valence-corrected chi connectivity index (χ0v) is 12.1. The maximum Gasteiger partial charge on any atom is 0.433 e. The topological polar surface area (TPSA) is 94.1 Å². The number of hydrogen-bond acceptors (Lipinski definition) is 7. The number of rotatable bonds is 7. The van der Waals surface area contributed by atoms with E-state index in [-0.39, 0.29) is 5.88 Å². The van der Waals surface area contributed by atoms with Crippen LogP contribution in [-0.4, -0.2) is 28.2 Å². The summed E-state index contributed by atoms with van der Waals surface area (Å²) in [5.74, 6) is 0.717. The molecule has 0 unspecified atom stereocenters. The summed E-state index contributed by atoms with van der Waals surface area (Å²) in [6.45, 7) is 6.11. The standard InChI is InChI=1S/C12H16N4O3S/c1-8(2)7-13-6-5-10-14-15-12(20-10)9-3-4-11(19-9)16(17)18/h3-4,8,13H,5-7H2,1-2H3. The Morgan fingerprint density at radius 2 is 2.25 bits per heavy atom. The Kier molecular flexibility index (Phi) is 4.80. The van der Waals surface area contributed by atoms with Crippen LogP contribution in [0, 0.1) is 16.0 Å². The molecule has 0 atom stereocenters. The van der Waals surface area contributed by atoms with Gasteiger partial charge in [0.25, 0.3) is 0 Å². The summed E-state index contributed by atoms with van der Waals surface area (Å²) in [6, 6.07) is 2.86. The maximum atomic E-state index is 10.6. The molecule has 0 saturated carbocycles. The quantitative estimate of drug-likeness (QED) is 0.479. The zero-order valence-electron chi connectivity index (χ0n) is 11.3. The van der Waals surface area contributed by atoms with Gasteiger partial charge >= 0.3 is 5.88 Å².